The van der Waals surface area contributed by atoms with E-state index < -0.39 is 0 Å². The van der Waals surface area contributed by atoms with Gasteiger partial charge in [0, 0.05) is 11.4 Å². The van der Waals surface area contributed by atoms with Gasteiger partial charge in [0.2, 0.25) is 5.96 Å². The van der Waals surface area contributed by atoms with Crippen molar-refractivity contribution < 1.29 is 4.79 Å². The molecule has 110 valence electrons. The summed E-state index contributed by atoms with van der Waals surface area (Å²) in [6.07, 6.45) is 2.06. The van der Waals surface area contributed by atoms with Gasteiger partial charge in [0.15, 0.2) is 0 Å². The number of nitrogens with zero attached hydrogens (tertiary/aromatic N) is 3. The maximum absolute atomic E-state index is 12.6. The summed E-state index contributed by atoms with van der Waals surface area (Å²) in [5.41, 5.74) is 2.68. The van der Waals surface area contributed by atoms with Gasteiger partial charge in [0.05, 0.1) is 23.5 Å². The van der Waals surface area contributed by atoms with Crippen LogP contribution in [-0.2, 0) is 0 Å². The number of amides is 1. The van der Waals surface area contributed by atoms with Gasteiger partial charge in [-0.25, -0.2) is 0 Å². The lowest BCUT2D eigenvalue weighted by molar-refractivity contribution is 0.0853. The molecule has 2 heterocycles. The zero-order chi connectivity index (χ0) is 15.1. The molecule has 4 nitrogen and oxygen atoms in total. The Balaban J connectivity index is 1.92. The Kier molecular flexibility index (Phi) is 3.15. The third kappa shape index (κ3) is 1.93. The molecule has 2 aromatic rings. The zero-order valence-corrected chi connectivity index (χ0v) is 13.0. The van der Waals surface area contributed by atoms with Crippen molar-refractivity contribution >= 4 is 35.0 Å². The van der Waals surface area contributed by atoms with Crippen LogP contribution in [-0.4, -0.2) is 36.1 Å². The first-order valence-corrected chi connectivity index (χ1v) is 8.41. The van der Waals surface area contributed by atoms with E-state index in [-0.39, 0.29) is 5.91 Å². The van der Waals surface area contributed by atoms with Gasteiger partial charge in [-0.2, -0.15) is 0 Å². The molecule has 0 bridgehead atoms. The number of rotatable bonds is 2. The fourth-order valence-corrected chi connectivity index (χ4v) is 3.38. The Hall–Kier alpha value is -2.27. The zero-order valence-electron chi connectivity index (χ0n) is 12.2. The van der Waals surface area contributed by atoms with Crippen LogP contribution in [0.25, 0.3) is 0 Å². The van der Waals surface area contributed by atoms with Gasteiger partial charge in [-0.15, -0.1) is 11.8 Å². The molecule has 2 aliphatic heterocycles. The smallest absolute Gasteiger partial charge is 0.262 e. The Morgan fingerprint density at radius 2 is 2.00 bits per heavy atom. The topological polar surface area (TPSA) is 35.9 Å². The van der Waals surface area contributed by atoms with Gasteiger partial charge in [0.1, 0.15) is 0 Å². The molecule has 0 fully saturated rings. The lowest BCUT2D eigenvalue weighted by Gasteiger charge is -2.36. The normalized spacial score (nSPS) is 16.4. The number of hydrogen-bond donors (Lipinski definition) is 0. The van der Waals surface area contributed by atoms with E-state index in [1.54, 1.807) is 16.7 Å². The maximum atomic E-state index is 12.6. The molecule has 0 aliphatic carbocycles. The second-order valence-corrected chi connectivity index (χ2v) is 6.07. The highest BCUT2D eigenvalue weighted by atomic mass is 32.2. The summed E-state index contributed by atoms with van der Waals surface area (Å²) in [7, 11) is 0. The molecule has 0 aromatic heterocycles. The highest BCUT2D eigenvalue weighted by Crippen LogP contribution is 2.37. The van der Waals surface area contributed by atoms with E-state index >= 15 is 0 Å². The predicted octanol–water partition coefficient (Wildman–Crippen LogP) is 3.37. The molecule has 22 heavy (non-hydrogen) atoms. The van der Waals surface area contributed by atoms with Gasteiger partial charge >= 0.3 is 0 Å². The summed E-state index contributed by atoms with van der Waals surface area (Å²) in [4.78, 5) is 22.2. The number of hydrogen-bond acceptors (Lipinski definition) is 4. The summed E-state index contributed by atoms with van der Waals surface area (Å²) in [5.74, 6) is 0.783. The minimum absolute atomic E-state index is 0.0455. The van der Waals surface area contributed by atoms with Gasteiger partial charge in [0.25, 0.3) is 5.91 Å². The third-order valence-corrected chi connectivity index (χ3v) is 4.68. The van der Waals surface area contributed by atoms with Gasteiger partial charge in [-0.1, -0.05) is 18.2 Å². The molecule has 2 aromatic carbocycles. The highest BCUT2D eigenvalue weighted by Gasteiger charge is 2.37. The number of carbonyl (C=O) groups is 1. The van der Waals surface area contributed by atoms with Crippen molar-refractivity contribution in [2.45, 2.75) is 4.90 Å². The molecular weight excluding hydrogens is 294 g/mol. The fourth-order valence-electron chi connectivity index (χ4n) is 2.93. The van der Waals surface area contributed by atoms with E-state index in [1.165, 1.54) is 4.90 Å². The summed E-state index contributed by atoms with van der Waals surface area (Å²) in [5, 5.41) is 0. The number of thioether (sulfide) groups is 1. The van der Waals surface area contributed by atoms with E-state index in [2.05, 4.69) is 34.3 Å². The Morgan fingerprint density at radius 1 is 1.14 bits per heavy atom. The van der Waals surface area contributed by atoms with Crippen molar-refractivity contribution in [1.82, 2.24) is 4.90 Å². The summed E-state index contributed by atoms with van der Waals surface area (Å²) < 4.78 is 0. The molecule has 0 saturated carbocycles. The first-order chi connectivity index (χ1) is 10.8. The largest absolute Gasteiger partial charge is 0.280 e. The van der Waals surface area contributed by atoms with Crippen LogP contribution in [0.3, 0.4) is 0 Å². The lowest BCUT2D eigenvalue weighted by Crippen LogP contribution is -2.47. The van der Waals surface area contributed by atoms with E-state index in [9.17, 15) is 4.79 Å². The van der Waals surface area contributed by atoms with Crippen LogP contribution in [0.15, 0.2) is 58.4 Å². The van der Waals surface area contributed by atoms with Crippen LogP contribution >= 0.6 is 11.8 Å². The molecule has 0 N–H and O–H groups in total. The third-order valence-electron chi connectivity index (χ3n) is 3.95. The van der Waals surface area contributed by atoms with E-state index in [1.807, 2.05) is 30.3 Å². The minimum Gasteiger partial charge on any atom is -0.280 e. The summed E-state index contributed by atoms with van der Waals surface area (Å²) in [6.45, 7) is 1.31. The number of aliphatic imine (C=N–C) groups is 1. The number of anilines is 2. The molecule has 0 unspecified atom stereocenters. The Labute approximate surface area is 133 Å². The average molecular weight is 309 g/mol. The van der Waals surface area contributed by atoms with Crippen LogP contribution in [0, 0.1) is 0 Å². The number of benzene rings is 2. The number of carbonyl (C=O) groups excluding carboxylic acids is 1. The first-order valence-electron chi connectivity index (χ1n) is 7.19. The molecule has 2 aliphatic rings. The van der Waals surface area contributed by atoms with Crippen LogP contribution in [0.4, 0.5) is 11.4 Å². The molecule has 1 amide bonds. The van der Waals surface area contributed by atoms with Crippen LogP contribution in [0.1, 0.15) is 10.4 Å². The molecule has 4 rings (SSSR count). The van der Waals surface area contributed by atoms with Crippen LogP contribution in [0.5, 0.6) is 0 Å². The van der Waals surface area contributed by atoms with Crippen molar-refractivity contribution in [3.05, 3.63) is 54.1 Å². The van der Waals surface area contributed by atoms with Crippen molar-refractivity contribution in [1.29, 1.82) is 0 Å². The molecule has 0 radical (unpaired) electrons. The molecule has 5 heteroatoms. The quantitative estimate of drug-likeness (QED) is 0.798. The van der Waals surface area contributed by atoms with Crippen molar-refractivity contribution in [2.24, 2.45) is 4.99 Å². The SMILES string of the molecule is CSc1cccc(N2C3=NCCN3C(=O)c3ccccc32)c1. The van der Waals surface area contributed by atoms with Crippen molar-refractivity contribution in [2.75, 3.05) is 24.2 Å². The Bertz CT molecular complexity index is 787. The van der Waals surface area contributed by atoms with Gasteiger partial charge < -0.3 is 0 Å². The number of fused-ring (bicyclic) bond motifs is 2. The fraction of sp³-hybridized carbons (Fsp3) is 0.176. The highest BCUT2D eigenvalue weighted by molar-refractivity contribution is 7.98. The lowest BCUT2D eigenvalue weighted by atomic mass is 10.1. The number of guanidine groups is 1. The van der Waals surface area contributed by atoms with Gasteiger partial charge in [-0.3, -0.25) is 19.6 Å². The molecule has 0 spiro atoms. The summed E-state index contributed by atoms with van der Waals surface area (Å²) in [6, 6.07) is 16.1. The minimum atomic E-state index is 0.0455. The van der Waals surface area contributed by atoms with Crippen molar-refractivity contribution in [3.63, 3.8) is 0 Å². The molecule has 0 saturated heterocycles. The monoisotopic (exact) mass is 309 g/mol. The predicted molar refractivity (Wildman–Crippen MR) is 90.1 cm³/mol. The van der Waals surface area contributed by atoms with Crippen LogP contribution in [0.2, 0.25) is 0 Å². The van der Waals surface area contributed by atoms with Crippen molar-refractivity contribution in [3.8, 4) is 0 Å². The molecule has 0 atom stereocenters. The molecular formula is C17H15N3OS. The Morgan fingerprint density at radius 3 is 2.86 bits per heavy atom. The van der Waals surface area contributed by atoms with E-state index in [0.29, 0.717) is 13.1 Å². The maximum Gasteiger partial charge on any atom is 0.262 e. The van der Waals surface area contributed by atoms with Gasteiger partial charge in [-0.05, 0) is 36.6 Å². The average Bonchev–Trinajstić information content (AvgIpc) is 3.05. The first kappa shape index (κ1) is 13.4. The second kappa shape index (κ2) is 5.18. The second-order valence-electron chi connectivity index (χ2n) is 5.19. The van der Waals surface area contributed by atoms with E-state index in [0.717, 1.165) is 22.9 Å². The standard InChI is InChI=1S/C17H15N3OS/c1-22-13-6-4-5-12(11-13)20-15-8-3-2-7-14(15)16(21)19-10-9-18-17(19)20/h2-8,11H,9-10H2,1H3. The van der Waals surface area contributed by atoms with E-state index in [4.69, 9.17) is 0 Å². The summed E-state index contributed by atoms with van der Waals surface area (Å²) >= 11 is 1.71. The van der Waals surface area contributed by atoms with Crippen LogP contribution < -0.4 is 4.90 Å². The number of para-hydroxylation sites is 1.